The first kappa shape index (κ1) is 13.4. The molecule has 0 aliphatic heterocycles. The van der Waals surface area contributed by atoms with Crippen molar-refractivity contribution in [2.75, 3.05) is 38.3 Å². The molecular formula is C10H18N4O3. The second-order valence-electron chi connectivity index (χ2n) is 3.21. The van der Waals surface area contributed by atoms with Crippen LogP contribution in [-0.4, -0.2) is 53.5 Å². The number of nitrogens with zero attached hydrogens (tertiary/aromatic N) is 4. The van der Waals surface area contributed by atoms with E-state index in [1.54, 1.807) is 11.9 Å². The molecule has 0 amide bonds. The molecule has 0 radical (unpaired) electrons. The SMILES string of the molecule is CCOc1nc(OCC)nc(N(C)CCO)n1. The minimum Gasteiger partial charge on any atom is -0.464 e. The van der Waals surface area contributed by atoms with Gasteiger partial charge in [0.25, 0.3) is 0 Å². The molecule has 0 saturated heterocycles. The summed E-state index contributed by atoms with van der Waals surface area (Å²) in [6.07, 6.45) is 0. The third kappa shape index (κ3) is 4.03. The lowest BCUT2D eigenvalue weighted by atomic mass is 10.6. The molecule has 0 atom stereocenters. The highest BCUT2D eigenvalue weighted by Gasteiger charge is 2.11. The quantitative estimate of drug-likeness (QED) is 0.726. The van der Waals surface area contributed by atoms with Crippen molar-refractivity contribution < 1.29 is 14.6 Å². The number of anilines is 1. The van der Waals surface area contributed by atoms with E-state index in [9.17, 15) is 0 Å². The summed E-state index contributed by atoms with van der Waals surface area (Å²) in [5.41, 5.74) is 0. The van der Waals surface area contributed by atoms with Crippen molar-refractivity contribution in [2.24, 2.45) is 0 Å². The zero-order valence-corrected chi connectivity index (χ0v) is 10.4. The standard InChI is InChI=1S/C10H18N4O3/c1-4-16-9-11-8(14(3)6-7-15)12-10(13-9)17-5-2/h15H,4-7H2,1-3H3. The van der Waals surface area contributed by atoms with Crippen LogP contribution >= 0.6 is 0 Å². The summed E-state index contributed by atoms with van der Waals surface area (Å²) < 4.78 is 10.5. The van der Waals surface area contributed by atoms with Crippen molar-refractivity contribution in [3.8, 4) is 12.0 Å². The van der Waals surface area contributed by atoms with Gasteiger partial charge < -0.3 is 19.5 Å². The molecule has 7 nitrogen and oxygen atoms in total. The molecular weight excluding hydrogens is 224 g/mol. The lowest BCUT2D eigenvalue weighted by Crippen LogP contribution is -2.24. The molecule has 0 spiro atoms. The predicted molar refractivity (Wildman–Crippen MR) is 62.5 cm³/mol. The monoisotopic (exact) mass is 242 g/mol. The molecule has 1 N–H and O–H groups in total. The van der Waals surface area contributed by atoms with E-state index >= 15 is 0 Å². The van der Waals surface area contributed by atoms with Gasteiger partial charge in [0.1, 0.15) is 0 Å². The van der Waals surface area contributed by atoms with Gasteiger partial charge in [-0.3, -0.25) is 0 Å². The first-order valence-electron chi connectivity index (χ1n) is 5.54. The van der Waals surface area contributed by atoms with Crippen LogP contribution in [0.15, 0.2) is 0 Å². The minimum atomic E-state index is 0.0239. The fraction of sp³-hybridized carbons (Fsp3) is 0.700. The number of hydrogen-bond acceptors (Lipinski definition) is 7. The summed E-state index contributed by atoms with van der Waals surface area (Å²) >= 11 is 0. The highest BCUT2D eigenvalue weighted by atomic mass is 16.5. The molecule has 0 aromatic carbocycles. The van der Waals surface area contributed by atoms with Crippen LogP contribution < -0.4 is 14.4 Å². The highest BCUT2D eigenvalue weighted by molar-refractivity contribution is 5.30. The molecule has 0 bridgehead atoms. The van der Waals surface area contributed by atoms with Gasteiger partial charge in [0.05, 0.1) is 19.8 Å². The van der Waals surface area contributed by atoms with E-state index in [0.717, 1.165) is 0 Å². The smallest absolute Gasteiger partial charge is 0.324 e. The van der Waals surface area contributed by atoms with E-state index in [4.69, 9.17) is 14.6 Å². The van der Waals surface area contributed by atoms with Crippen LogP contribution in [0.2, 0.25) is 0 Å². The van der Waals surface area contributed by atoms with Crippen LogP contribution in [-0.2, 0) is 0 Å². The summed E-state index contributed by atoms with van der Waals surface area (Å²) in [4.78, 5) is 13.9. The average Bonchev–Trinajstić information content (AvgIpc) is 2.30. The molecule has 1 heterocycles. The zero-order valence-electron chi connectivity index (χ0n) is 10.4. The summed E-state index contributed by atoms with van der Waals surface area (Å²) in [6.45, 7) is 5.09. The average molecular weight is 242 g/mol. The third-order valence-corrected chi connectivity index (χ3v) is 1.91. The van der Waals surface area contributed by atoms with E-state index in [1.165, 1.54) is 0 Å². The molecule has 7 heteroatoms. The fourth-order valence-corrected chi connectivity index (χ4v) is 1.14. The zero-order chi connectivity index (χ0) is 12.7. The van der Waals surface area contributed by atoms with Gasteiger partial charge in [0, 0.05) is 13.6 Å². The molecule has 1 rings (SSSR count). The van der Waals surface area contributed by atoms with Crippen molar-refractivity contribution >= 4 is 5.95 Å². The van der Waals surface area contributed by atoms with Gasteiger partial charge in [-0.1, -0.05) is 0 Å². The van der Waals surface area contributed by atoms with E-state index in [-0.39, 0.29) is 18.6 Å². The van der Waals surface area contributed by atoms with Crippen molar-refractivity contribution in [1.82, 2.24) is 15.0 Å². The number of hydrogen-bond donors (Lipinski definition) is 1. The Labute approximate surface area is 100 Å². The number of rotatable bonds is 7. The van der Waals surface area contributed by atoms with Crippen molar-refractivity contribution in [3.05, 3.63) is 0 Å². The van der Waals surface area contributed by atoms with Crippen LogP contribution in [0.3, 0.4) is 0 Å². The lowest BCUT2D eigenvalue weighted by molar-refractivity contribution is 0.278. The van der Waals surface area contributed by atoms with Gasteiger partial charge in [-0.15, -0.1) is 4.98 Å². The maximum absolute atomic E-state index is 8.87. The molecule has 1 aromatic rings. The molecule has 0 aliphatic carbocycles. The maximum atomic E-state index is 8.87. The molecule has 0 saturated carbocycles. The normalized spacial score (nSPS) is 10.1. The Hall–Kier alpha value is -1.63. The predicted octanol–water partition coefficient (Wildman–Crippen LogP) is 0.0975. The highest BCUT2D eigenvalue weighted by Crippen LogP contribution is 2.15. The van der Waals surface area contributed by atoms with Crippen LogP contribution in [0.1, 0.15) is 13.8 Å². The molecule has 96 valence electrons. The number of ether oxygens (including phenoxy) is 2. The van der Waals surface area contributed by atoms with E-state index in [2.05, 4.69) is 15.0 Å². The van der Waals surface area contributed by atoms with Gasteiger partial charge in [-0.25, -0.2) is 0 Å². The van der Waals surface area contributed by atoms with Gasteiger partial charge in [0.15, 0.2) is 0 Å². The third-order valence-electron chi connectivity index (χ3n) is 1.91. The Morgan fingerprint density at radius 2 is 1.59 bits per heavy atom. The van der Waals surface area contributed by atoms with Gasteiger partial charge in [-0.05, 0) is 13.8 Å². The van der Waals surface area contributed by atoms with Crippen LogP contribution in [0.25, 0.3) is 0 Å². The second kappa shape index (κ2) is 6.85. The maximum Gasteiger partial charge on any atom is 0.324 e. The first-order valence-corrected chi connectivity index (χ1v) is 5.54. The summed E-state index contributed by atoms with van der Waals surface area (Å²) in [6, 6.07) is 0.455. The Balaban J connectivity index is 2.93. The van der Waals surface area contributed by atoms with E-state index < -0.39 is 0 Å². The molecule has 17 heavy (non-hydrogen) atoms. The Bertz CT molecular complexity index is 324. The van der Waals surface area contributed by atoms with Crippen molar-refractivity contribution in [3.63, 3.8) is 0 Å². The number of aliphatic hydroxyl groups excluding tert-OH is 1. The van der Waals surface area contributed by atoms with Crippen LogP contribution in [0.5, 0.6) is 12.0 Å². The summed E-state index contributed by atoms with van der Waals surface area (Å²) in [7, 11) is 1.77. The van der Waals surface area contributed by atoms with E-state index in [1.807, 2.05) is 13.8 Å². The van der Waals surface area contributed by atoms with Crippen LogP contribution in [0, 0.1) is 0 Å². The minimum absolute atomic E-state index is 0.0239. The Morgan fingerprint density at radius 1 is 1.06 bits per heavy atom. The van der Waals surface area contributed by atoms with Crippen molar-refractivity contribution in [1.29, 1.82) is 0 Å². The number of aliphatic hydroxyl groups is 1. The second-order valence-corrected chi connectivity index (χ2v) is 3.21. The van der Waals surface area contributed by atoms with Crippen LogP contribution in [0.4, 0.5) is 5.95 Å². The Kier molecular flexibility index (Phi) is 5.41. The van der Waals surface area contributed by atoms with Crippen molar-refractivity contribution in [2.45, 2.75) is 13.8 Å². The first-order chi connectivity index (χ1) is 8.21. The number of aromatic nitrogens is 3. The molecule has 0 fully saturated rings. The molecule has 1 aromatic heterocycles. The molecule has 0 unspecified atom stereocenters. The summed E-state index contributed by atoms with van der Waals surface area (Å²) in [5, 5.41) is 8.87. The lowest BCUT2D eigenvalue weighted by Gasteiger charge is -2.16. The largest absolute Gasteiger partial charge is 0.464 e. The fourth-order valence-electron chi connectivity index (χ4n) is 1.14. The summed E-state index contributed by atoms with van der Waals surface area (Å²) in [5.74, 6) is 0.418. The van der Waals surface area contributed by atoms with Gasteiger partial charge in [-0.2, -0.15) is 9.97 Å². The van der Waals surface area contributed by atoms with Gasteiger partial charge >= 0.3 is 12.0 Å². The topological polar surface area (TPSA) is 80.6 Å². The number of likely N-dealkylation sites (N-methyl/N-ethyl adjacent to an activating group) is 1. The Morgan fingerprint density at radius 3 is 2.00 bits per heavy atom. The van der Waals surface area contributed by atoms with Gasteiger partial charge in [0.2, 0.25) is 5.95 Å². The molecule has 0 aliphatic rings. The van der Waals surface area contributed by atoms with E-state index in [0.29, 0.717) is 25.7 Å².